The van der Waals surface area contributed by atoms with Crippen molar-refractivity contribution in [2.45, 2.75) is 52.9 Å². The summed E-state index contributed by atoms with van der Waals surface area (Å²) in [5, 5.41) is 2.92. The highest BCUT2D eigenvalue weighted by Crippen LogP contribution is 2.25. The number of hydrogen-bond acceptors (Lipinski definition) is 3. The number of carbonyl (C=O) groups is 1. The molecule has 4 heteroatoms. The van der Waals surface area contributed by atoms with Crippen LogP contribution in [0.2, 0.25) is 0 Å². The Morgan fingerprint density at radius 1 is 1.28 bits per heavy atom. The maximum atomic E-state index is 11.6. The van der Waals surface area contributed by atoms with Gasteiger partial charge in [-0.05, 0) is 37.6 Å². The Kier molecular flexibility index (Phi) is 9.98. The average molecular weight is 258 g/mol. The summed E-state index contributed by atoms with van der Waals surface area (Å²) in [7, 11) is 0. The van der Waals surface area contributed by atoms with Crippen LogP contribution in [0, 0.1) is 5.41 Å². The van der Waals surface area contributed by atoms with Gasteiger partial charge in [0.1, 0.15) is 0 Å². The molecule has 0 unspecified atom stereocenters. The van der Waals surface area contributed by atoms with Crippen LogP contribution in [0.3, 0.4) is 0 Å². The first-order valence-corrected chi connectivity index (χ1v) is 7.06. The topological polar surface area (TPSA) is 64.3 Å². The van der Waals surface area contributed by atoms with Gasteiger partial charge in [-0.1, -0.05) is 20.8 Å². The summed E-state index contributed by atoms with van der Waals surface area (Å²) in [4.78, 5) is 11.6. The van der Waals surface area contributed by atoms with E-state index >= 15 is 0 Å². The third-order valence-corrected chi connectivity index (χ3v) is 2.99. The SMILES string of the molecule is CCCOCCCNC(=O)CCC(C)(C)CCN. The van der Waals surface area contributed by atoms with Crippen molar-refractivity contribution in [1.82, 2.24) is 5.32 Å². The number of ether oxygens (including phenoxy) is 1. The smallest absolute Gasteiger partial charge is 0.220 e. The molecule has 0 aliphatic rings. The van der Waals surface area contributed by atoms with E-state index in [2.05, 4.69) is 26.1 Å². The van der Waals surface area contributed by atoms with E-state index in [1.807, 2.05) is 0 Å². The highest BCUT2D eigenvalue weighted by atomic mass is 16.5. The second-order valence-electron chi connectivity index (χ2n) is 5.52. The Balaban J connectivity index is 3.48. The van der Waals surface area contributed by atoms with E-state index in [1.54, 1.807) is 0 Å². The molecule has 0 rings (SSSR count). The van der Waals surface area contributed by atoms with Crippen molar-refractivity contribution in [3.8, 4) is 0 Å². The van der Waals surface area contributed by atoms with E-state index in [0.717, 1.165) is 38.9 Å². The molecule has 108 valence electrons. The number of carbonyl (C=O) groups excluding carboxylic acids is 1. The van der Waals surface area contributed by atoms with Gasteiger partial charge in [-0.15, -0.1) is 0 Å². The molecule has 0 aliphatic carbocycles. The molecule has 0 spiro atoms. The predicted octanol–water partition coefficient (Wildman–Crippen LogP) is 2.07. The summed E-state index contributed by atoms with van der Waals surface area (Å²) in [6.45, 7) is 9.33. The van der Waals surface area contributed by atoms with Crippen LogP contribution in [0.5, 0.6) is 0 Å². The molecule has 0 aromatic heterocycles. The largest absolute Gasteiger partial charge is 0.381 e. The standard InChI is InChI=1S/C14H30N2O2/c1-4-11-18-12-5-10-16-13(17)6-7-14(2,3)8-9-15/h4-12,15H2,1-3H3,(H,16,17). The first kappa shape index (κ1) is 17.4. The zero-order chi connectivity index (χ0) is 13.9. The molecule has 0 atom stereocenters. The second-order valence-corrected chi connectivity index (χ2v) is 5.52. The third kappa shape index (κ3) is 10.5. The van der Waals surface area contributed by atoms with E-state index in [0.29, 0.717) is 19.5 Å². The minimum absolute atomic E-state index is 0.135. The Morgan fingerprint density at radius 2 is 2.00 bits per heavy atom. The minimum atomic E-state index is 0.135. The summed E-state index contributed by atoms with van der Waals surface area (Å²) >= 11 is 0. The van der Waals surface area contributed by atoms with Gasteiger partial charge in [0.05, 0.1) is 0 Å². The van der Waals surface area contributed by atoms with Gasteiger partial charge in [0.25, 0.3) is 0 Å². The lowest BCUT2D eigenvalue weighted by Crippen LogP contribution is -2.27. The van der Waals surface area contributed by atoms with Crippen molar-refractivity contribution in [1.29, 1.82) is 0 Å². The summed E-state index contributed by atoms with van der Waals surface area (Å²) in [6.07, 6.45) is 4.37. The molecule has 4 nitrogen and oxygen atoms in total. The maximum absolute atomic E-state index is 11.6. The molecule has 0 aliphatic heterocycles. The van der Waals surface area contributed by atoms with Crippen LogP contribution < -0.4 is 11.1 Å². The van der Waals surface area contributed by atoms with Crippen molar-refractivity contribution < 1.29 is 9.53 Å². The third-order valence-electron chi connectivity index (χ3n) is 2.99. The van der Waals surface area contributed by atoms with Gasteiger partial charge < -0.3 is 15.8 Å². The van der Waals surface area contributed by atoms with E-state index in [-0.39, 0.29) is 11.3 Å². The fourth-order valence-electron chi connectivity index (χ4n) is 1.70. The van der Waals surface area contributed by atoms with Crippen molar-refractivity contribution in [2.75, 3.05) is 26.3 Å². The molecule has 0 fully saturated rings. The molecule has 18 heavy (non-hydrogen) atoms. The highest BCUT2D eigenvalue weighted by Gasteiger charge is 2.17. The summed E-state index contributed by atoms with van der Waals surface area (Å²) in [5.41, 5.74) is 5.71. The Hall–Kier alpha value is -0.610. The van der Waals surface area contributed by atoms with E-state index in [9.17, 15) is 4.79 Å². The summed E-state index contributed by atoms with van der Waals surface area (Å²) in [6, 6.07) is 0. The molecule has 0 aromatic rings. The lowest BCUT2D eigenvalue weighted by molar-refractivity contribution is -0.121. The van der Waals surface area contributed by atoms with Gasteiger partial charge in [0.2, 0.25) is 5.91 Å². The minimum Gasteiger partial charge on any atom is -0.381 e. The normalized spacial score (nSPS) is 11.6. The average Bonchev–Trinajstić information content (AvgIpc) is 2.31. The number of rotatable bonds is 11. The molecule has 1 amide bonds. The van der Waals surface area contributed by atoms with Gasteiger partial charge in [-0.3, -0.25) is 4.79 Å². The zero-order valence-electron chi connectivity index (χ0n) is 12.3. The monoisotopic (exact) mass is 258 g/mol. The predicted molar refractivity (Wildman–Crippen MR) is 75.4 cm³/mol. The molecular formula is C14H30N2O2. The lowest BCUT2D eigenvalue weighted by atomic mass is 9.84. The Labute approximate surface area is 112 Å². The molecule has 0 bridgehead atoms. The Bertz CT molecular complexity index is 218. The van der Waals surface area contributed by atoms with Gasteiger partial charge in [0, 0.05) is 26.2 Å². The van der Waals surface area contributed by atoms with Gasteiger partial charge in [-0.25, -0.2) is 0 Å². The summed E-state index contributed by atoms with van der Waals surface area (Å²) < 4.78 is 5.35. The fraction of sp³-hybridized carbons (Fsp3) is 0.929. The number of nitrogens with one attached hydrogen (secondary N) is 1. The van der Waals surface area contributed by atoms with Crippen molar-refractivity contribution in [2.24, 2.45) is 11.1 Å². The van der Waals surface area contributed by atoms with Crippen molar-refractivity contribution in [3.63, 3.8) is 0 Å². The van der Waals surface area contributed by atoms with Crippen molar-refractivity contribution >= 4 is 5.91 Å². The van der Waals surface area contributed by atoms with Crippen LogP contribution in [0.25, 0.3) is 0 Å². The molecular weight excluding hydrogens is 228 g/mol. The molecule has 0 aromatic carbocycles. The van der Waals surface area contributed by atoms with E-state index in [4.69, 9.17) is 10.5 Å². The lowest BCUT2D eigenvalue weighted by Gasteiger charge is -2.23. The van der Waals surface area contributed by atoms with E-state index < -0.39 is 0 Å². The van der Waals surface area contributed by atoms with Gasteiger partial charge >= 0.3 is 0 Å². The molecule has 0 saturated heterocycles. The van der Waals surface area contributed by atoms with Crippen LogP contribution in [-0.4, -0.2) is 32.2 Å². The Morgan fingerprint density at radius 3 is 2.61 bits per heavy atom. The number of hydrogen-bond donors (Lipinski definition) is 2. The first-order chi connectivity index (χ1) is 8.52. The molecule has 0 heterocycles. The van der Waals surface area contributed by atoms with Crippen LogP contribution in [-0.2, 0) is 9.53 Å². The first-order valence-electron chi connectivity index (χ1n) is 7.06. The quantitative estimate of drug-likeness (QED) is 0.558. The number of nitrogens with two attached hydrogens (primary N) is 1. The maximum Gasteiger partial charge on any atom is 0.220 e. The molecule has 0 saturated carbocycles. The van der Waals surface area contributed by atoms with Crippen molar-refractivity contribution in [3.05, 3.63) is 0 Å². The van der Waals surface area contributed by atoms with Crippen LogP contribution >= 0.6 is 0 Å². The van der Waals surface area contributed by atoms with Crippen LogP contribution in [0.4, 0.5) is 0 Å². The summed E-state index contributed by atoms with van der Waals surface area (Å²) in [5.74, 6) is 0.135. The van der Waals surface area contributed by atoms with Gasteiger partial charge in [-0.2, -0.15) is 0 Å². The number of amides is 1. The zero-order valence-corrected chi connectivity index (χ0v) is 12.3. The highest BCUT2D eigenvalue weighted by molar-refractivity contribution is 5.75. The fourth-order valence-corrected chi connectivity index (χ4v) is 1.70. The molecule has 3 N–H and O–H groups in total. The van der Waals surface area contributed by atoms with Gasteiger partial charge in [0.15, 0.2) is 0 Å². The molecule has 0 radical (unpaired) electrons. The van der Waals surface area contributed by atoms with Crippen LogP contribution in [0.1, 0.15) is 52.9 Å². The van der Waals surface area contributed by atoms with E-state index in [1.165, 1.54) is 0 Å². The second kappa shape index (κ2) is 10.3. The van der Waals surface area contributed by atoms with Crippen LogP contribution in [0.15, 0.2) is 0 Å².